The zero-order valence-corrected chi connectivity index (χ0v) is 9.96. The van der Waals surface area contributed by atoms with Crippen LogP contribution in [0.25, 0.3) is 0 Å². The van der Waals surface area contributed by atoms with Gasteiger partial charge in [0.2, 0.25) is 0 Å². The van der Waals surface area contributed by atoms with E-state index in [-0.39, 0.29) is 17.4 Å². The van der Waals surface area contributed by atoms with Crippen LogP contribution in [0.2, 0.25) is 0 Å². The number of hydrogen-bond donors (Lipinski definition) is 1. The fourth-order valence-corrected chi connectivity index (χ4v) is 1.16. The molecule has 0 radical (unpaired) electrons. The summed E-state index contributed by atoms with van der Waals surface area (Å²) in [6, 6.07) is 1.97. The van der Waals surface area contributed by atoms with Crippen molar-refractivity contribution in [1.82, 2.24) is 5.32 Å². The van der Waals surface area contributed by atoms with E-state index in [1.54, 1.807) is 6.92 Å². The standard InChI is InChI=1S/C11H20N2O2/c1-9(10(14)15-4)13-7-5-6-11(2,3)8-12/h9,13H,5-7H2,1-4H3. The number of nitriles is 1. The first-order valence-electron chi connectivity index (χ1n) is 5.15. The van der Waals surface area contributed by atoms with Crippen LogP contribution in [0.5, 0.6) is 0 Å². The lowest BCUT2D eigenvalue weighted by Gasteiger charge is -2.16. The Hall–Kier alpha value is -1.08. The molecule has 1 atom stereocenters. The number of hydrogen-bond acceptors (Lipinski definition) is 4. The third-order valence-corrected chi connectivity index (χ3v) is 2.29. The van der Waals surface area contributed by atoms with E-state index in [2.05, 4.69) is 16.1 Å². The van der Waals surface area contributed by atoms with Crippen LogP contribution in [-0.2, 0) is 9.53 Å². The zero-order chi connectivity index (χ0) is 11.9. The summed E-state index contributed by atoms with van der Waals surface area (Å²) in [6.45, 7) is 6.32. The molecule has 0 heterocycles. The molecule has 0 spiro atoms. The Bertz CT molecular complexity index is 243. The maximum absolute atomic E-state index is 11.0. The Labute approximate surface area is 91.6 Å². The molecule has 0 saturated carbocycles. The van der Waals surface area contributed by atoms with Gasteiger partial charge in [0.15, 0.2) is 0 Å². The highest BCUT2D eigenvalue weighted by Gasteiger charge is 2.16. The van der Waals surface area contributed by atoms with Crippen LogP contribution in [0.15, 0.2) is 0 Å². The molecule has 0 rings (SSSR count). The molecule has 0 saturated heterocycles. The molecule has 1 unspecified atom stereocenters. The van der Waals surface area contributed by atoms with Gasteiger partial charge in [-0.25, -0.2) is 0 Å². The molecule has 0 aromatic rings. The van der Waals surface area contributed by atoms with Gasteiger partial charge >= 0.3 is 5.97 Å². The highest BCUT2D eigenvalue weighted by Crippen LogP contribution is 2.19. The molecule has 0 aliphatic rings. The van der Waals surface area contributed by atoms with Gasteiger partial charge in [-0.1, -0.05) is 0 Å². The van der Waals surface area contributed by atoms with Crippen molar-refractivity contribution in [2.45, 2.75) is 39.7 Å². The molecule has 0 fully saturated rings. The Kier molecular flexibility index (Phi) is 5.95. The van der Waals surface area contributed by atoms with Gasteiger partial charge in [-0.15, -0.1) is 0 Å². The van der Waals surface area contributed by atoms with Crippen molar-refractivity contribution >= 4 is 5.97 Å². The molecule has 0 amide bonds. The molecule has 0 aliphatic carbocycles. The van der Waals surface area contributed by atoms with Gasteiger partial charge in [-0.3, -0.25) is 4.79 Å². The summed E-state index contributed by atoms with van der Waals surface area (Å²) >= 11 is 0. The van der Waals surface area contributed by atoms with E-state index in [1.165, 1.54) is 7.11 Å². The van der Waals surface area contributed by atoms with Gasteiger partial charge in [-0.05, 0) is 40.2 Å². The average molecular weight is 212 g/mol. The Morgan fingerprint density at radius 2 is 2.20 bits per heavy atom. The first-order valence-corrected chi connectivity index (χ1v) is 5.15. The topological polar surface area (TPSA) is 62.1 Å². The molecule has 15 heavy (non-hydrogen) atoms. The molecule has 0 aliphatic heterocycles. The van der Waals surface area contributed by atoms with Crippen LogP contribution in [-0.4, -0.2) is 25.7 Å². The second-order valence-corrected chi connectivity index (χ2v) is 4.30. The molecule has 4 heteroatoms. The van der Waals surface area contributed by atoms with Crippen molar-refractivity contribution in [3.63, 3.8) is 0 Å². The molecule has 0 aromatic heterocycles. The number of methoxy groups -OCH3 is 1. The number of carbonyl (C=O) groups is 1. The molecular formula is C11H20N2O2. The van der Waals surface area contributed by atoms with Crippen molar-refractivity contribution in [2.24, 2.45) is 5.41 Å². The van der Waals surface area contributed by atoms with Crippen molar-refractivity contribution in [3.05, 3.63) is 0 Å². The van der Waals surface area contributed by atoms with Gasteiger partial charge in [0.1, 0.15) is 6.04 Å². The summed E-state index contributed by atoms with van der Waals surface area (Å²) in [6.07, 6.45) is 1.70. The zero-order valence-electron chi connectivity index (χ0n) is 9.96. The number of carbonyl (C=O) groups excluding carboxylic acids is 1. The Balaban J connectivity index is 3.64. The van der Waals surface area contributed by atoms with Crippen LogP contribution in [0, 0.1) is 16.7 Å². The maximum atomic E-state index is 11.0. The van der Waals surface area contributed by atoms with Gasteiger partial charge in [0.25, 0.3) is 0 Å². The maximum Gasteiger partial charge on any atom is 0.322 e. The summed E-state index contributed by atoms with van der Waals surface area (Å²) in [4.78, 5) is 11.0. The minimum absolute atomic E-state index is 0.255. The van der Waals surface area contributed by atoms with E-state index in [9.17, 15) is 4.79 Å². The average Bonchev–Trinajstić information content (AvgIpc) is 2.22. The number of esters is 1. The fraction of sp³-hybridized carbons (Fsp3) is 0.818. The monoisotopic (exact) mass is 212 g/mol. The van der Waals surface area contributed by atoms with Crippen LogP contribution < -0.4 is 5.32 Å². The van der Waals surface area contributed by atoms with Crippen LogP contribution >= 0.6 is 0 Å². The van der Waals surface area contributed by atoms with Gasteiger partial charge in [0, 0.05) is 0 Å². The summed E-state index contributed by atoms with van der Waals surface area (Å²) in [7, 11) is 1.37. The van der Waals surface area contributed by atoms with E-state index in [1.807, 2.05) is 13.8 Å². The number of nitrogens with zero attached hydrogens (tertiary/aromatic N) is 1. The SMILES string of the molecule is COC(=O)C(C)NCCCC(C)(C)C#N. The summed E-state index contributed by atoms with van der Waals surface area (Å²) in [5.74, 6) is -0.255. The predicted molar refractivity (Wildman–Crippen MR) is 58.1 cm³/mol. The third kappa shape index (κ3) is 6.08. The Morgan fingerprint density at radius 1 is 1.60 bits per heavy atom. The summed E-state index contributed by atoms with van der Waals surface area (Å²) < 4.78 is 4.58. The number of ether oxygens (including phenoxy) is 1. The van der Waals surface area contributed by atoms with E-state index in [0.29, 0.717) is 0 Å². The third-order valence-electron chi connectivity index (χ3n) is 2.29. The minimum Gasteiger partial charge on any atom is -0.468 e. The van der Waals surface area contributed by atoms with Crippen molar-refractivity contribution in [1.29, 1.82) is 5.26 Å². The fourth-order valence-electron chi connectivity index (χ4n) is 1.16. The molecule has 86 valence electrons. The first kappa shape index (κ1) is 13.9. The quantitative estimate of drug-likeness (QED) is 0.535. The second-order valence-electron chi connectivity index (χ2n) is 4.30. The smallest absolute Gasteiger partial charge is 0.322 e. The van der Waals surface area contributed by atoms with Gasteiger partial charge < -0.3 is 10.1 Å². The second kappa shape index (κ2) is 6.41. The lowest BCUT2D eigenvalue weighted by molar-refractivity contribution is -0.142. The van der Waals surface area contributed by atoms with E-state index >= 15 is 0 Å². The highest BCUT2D eigenvalue weighted by molar-refractivity contribution is 5.74. The molecule has 0 aromatic carbocycles. The predicted octanol–water partition coefficient (Wildman–Crippen LogP) is 1.47. The normalized spacial score (nSPS) is 13.0. The minimum atomic E-state index is -0.282. The molecule has 0 bridgehead atoms. The van der Waals surface area contributed by atoms with E-state index < -0.39 is 0 Å². The molecule has 4 nitrogen and oxygen atoms in total. The van der Waals surface area contributed by atoms with E-state index in [4.69, 9.17) is 5.26 Å². The van der Waals surface area contributed by atoms with Crippen molar-refractivity contribution < 1.29 is 9.53 Å². The lowest BCUT2D eigenvalue weighted by Crippen LogP contribution is -2.35. The van der Waals surface area contributed by atoms with Gasteiger partial charge in [-0.2, -0.15) is 5.26 Å². The van der Waals surface area contributed by atoms with E-state index in [0.717, 1.165) is 19.4 Å². The molecular weight excluding hydrogens is 192 g/mol. The largest absolute Gasteiger partial charge is 0.468 e. The van der Waals surface area contributed by atoms with Crippen molar-refractivity contribution in [3.8, 4) is 6.07 Å². The van der Waals surface area contributed by atoms with Crippen LogP contribution in [0.1, 0.15) is 33.6 Å². The molecule has 1 N–H and O–H groups in total. The summed E-state index contributed by atoms with van der Waals surface area (Å²) in [5, 5.41) is 11.8. The van der Waals surface area contributed by atoms with Crippen molar-refractivity contribution in [2.75, 3.05) is 13.7 Å². The lowest BCUT2D eigenvalue weighted by atomic mass is 9.90. The summed E-state index contributed by atoms with van der Waals surface area (Å²) in [5.41, 5.74) is -0.282. The first-order chi connectivity index (χ1) is 6.93. The Morgan fingerprint density at radius 3 is 2.67 bits per heavy atom. The number of rotatable bonds is 6. The highest BCUT2D eigenvalue weighted by atomic mass is 16.5. The van der Waals surface area contributed by atoms with Gasteiger partial charge in [0.05, 0.1) is 18.6 Å². The number of nitrogens with one attached hydrogen (secondary N) is 1. The van der Waals surface area contributed by atoms with Crippen LogP contribution in [0.3, 0.4) is 0 Å². The van der Waals surface area contributed by atoms with Crippen LogP contribution in [0.4, 0.5) is 0 Å².